The molecule has 0 amide bonds. The van der Waals surface area contributed by atoms with Gasteiger partial charge in [0.2, 0.25) is 0 Å². The fraction of sp³-hybridized carbons (Fsp3) is 0.0980. The molecule has 0 bridgehead atoms. The molecule has 0 saturated carbocycles. The van der Waals surface area contributed by atoms with Crippen molar-refractivity contribution in [1.82, 2.24) is 4.57 Å². The van der Waals surface area contributed by atoms with E-state index in [2.05, 4.69) is 184 Å². The zero-order valence-electron chi connectivity index (χ0n) is 31.2. The van der Waals surface area contributed by atoms with E-state index in [0.717, 1.165) is 47.8 Å². The summed E-state index contributed by atoms with van der Waals surface area (Å²) in [5.74, 6) is 2.31. The number of aromatic nitrogens is 1. The van der Waals surface area contributed by atoms with Crippen molar-refractivity contribution in [2.24, 2.45) is 5.92 Å². The molecule has 0 N–H and O–H groups in total. The quantitative estimate of drug-likeness (QED) is 0.158. The first-order chi connectivity index (χ1) is 28.3. The van der Waals surface area contributed by atoms with E-state index >= 15 is 0 Å². The number of thiophene rings is 1. The van der Waals surface area contributed by atoms with Crippen LogP contribution >= 0.6 is 11.3 Å². The van der Waals surface area contributed by atoms with Gasteiger partial charge in [-0.1, -0.05) is 109 Å². The van der Waals surface area contributed by atoms with Gasteiger partial charge >= 0.3 is 0 Å². The smallest absolute Gasteiger partial charge is 0.256 e. The molecule has 0 spiro atoms. The third kappa shape index (κ3) is 4.62. The summed E-state index contributed by atoms with van der Waals surface area (Å²) < 4.78 is 12.3. The van der Waals surface area contributed by atoms with Crippen molar-refractivity contribution in [3.8, 4) is 17.2 Å². The van der Waals surface area contributed by atoms with Gasteiger partial charge in [0.1, 0.15) is 11.5 Å². The number of hydrogen-bond donors (Lipinski definition) is 0. The van der Waals surface area contributed by atoms with Gasteiger partial charge in [-0.25, -0.2) is 0 Å². The van der Waals surface area contributed by atoms with Crippen molar-refractivity contribution >= 4 is 82.7 Å². The first-order valence-corrected chi connectivity index (χ1v) is 21.0. The van der Waals surface area contributed by atoms with Gasteiger partial charge in [0.15, 0.2) is 0 Å². The summed E-state index contributed by atoms with van der Waals surface area (Å²) in [4.78, 5) is 5.07. The van der Waals surface area contributed by atoms with Crippen LogP contribution in [0, 0.1) is 5.92 Å². The predicted octanol–water partition coefficient (Wildman–Crippen LogP) is 11.0. The summed E-state index contributed by atoms with van der Waals surface area (Å²) in [6, 6.07) is 38.3. The topological polar surface area (TPSA) is 20.6 Å². The second-order valence-corrected chi connectivity index (χ2v) is 16.9. The van der Waals surface area contributed by atoms with Crippen molar-refractivity contribution in [2.45, 2.75) is 25.3 Å². The molecule has 13 rings (SSSR count). The molecule has 4 nitrogen and oxygen atoms in total. The molecule has 2 atom stereocenters. The minimum atomic E-state index is 0.0208. The molecule has 2 aromatic heterocycles. The number of fused-ring (bicyclic) bond motifs is 10. The van der Waals surface area contributed by atoms with Gasteiger partial charge < -0.3 is 19.1 Å². The normalized spacial score (nSPS) is 19.2. The molecule has 1 unspecified atom stereocenters. The number of allylic oxidation sites excluding steroid dienone is 11. The Hall–Kier alpha value is -6.50. The molecule has 4 aliphatic carbocycles. The van der Waals surface area contributed by atoms with E-state index in [4.69, 9.17) is 4.74 Å². The van der Waals surface area contributed by atoms with Gasteiger partial charge in [-0.2, -0.15) is 0 Å². The number of benzene rings is 5. The minimum Gasteiger partial charge on any atom is -0.458 e. The van der Waals surface area contributed by atoms with Crippen LogP contribution in [0.15, 0.2) is 187 Å². The average molecular weight is 750 g/mol. The molecule has 2 aliphatic heterocycles. The molecule has 5 aromatic carbocycles. The summed E-state index contributed by atoms with van der Waals surface area (Å²) in [5, 5.41) is 2.63. The third-order valence-electron chi connectivity index (χ3n) is 12.6. The number of ether oxygens (including phenoxy) is 1. The lowest BCUT2D eigenvalue weighted by Gasteiger charge is -2.38. The first kappa shape index (κ1) is 31.7. The van der Waals surface area contributed by atoms with Gasteiger partial charge in [0.05, 0.1) is 33.1 Å². The number of para-hydroxylation sites is 2. The van der Waals surface area contributed by atoms with Crippen LogP contribution in [0.3, 0.4) is 0 Å². The number of anilines is 3. The van der Waals surface area contributed by atoms with Crippen LogP contribution in [0.25, 0.3) is 36.9 Å². The predicted molar refractivity (Wildman–Crippen MR) is 240 cm³/mol. The van der Waals surface area contributed by atoms with E-state index in [1.165, 1.54) is 70.2 Å². The Morgan fingerprint density at radius 2 is 1.67 bits per heavy atom. The van der Waals surface area contributed by atoms with Crippen LogP contribution in [0.4, 0.5) is 17.1 Å². The van der Waals surface area contributed by atoms with E-state index < -0.39 is 0 Å². The highest BCUT2D eigenvalue weighted by Gasteiger charge is 2.43. The van der Waals surface area contributed by atoms with Gasteiger partial charge in [-0.15, -0.1) is 11.3 Å². The maximum atomic E-state index is 7.03. The fourth-order valence-electron chi connectivity index (χ4n) is 10.1. The first-order valence-electron chi connectivity index (χ1n) is 20.2. The molecular formula is C51H36BN3OS. The largest absolute Gasteiger partial charge is 0.458 e. The van der Waals surface area contributed by atoms with E-state index in [0.29, 0.717) is 5.92 Å². The van der Waals surface area contributed by atoms with Gasteiger partial charge in [-0.05, 0) is 95.9 Å². The summed E-state index contributed by atoms with van der Waals surface area (Å²) in [6.07, 6.45) is 28.3. The monoisotopic (exact) mass is 749 g/mol. The lowest BCUT2D eigenvalue weighted by Crippen LogP contribution is -2.58. The Morgan fingerprint density at radius 1 is 0.772 bits per heavy atom. The number of rotatable bonds is 6. The standard InChI is InChI=1S/C51H36BN3OS/c1-4-14-34(15-5-1)53(37-25-24-32-28-33(32)29-37)38-30-43-48-45(31-38)56-44-22-12-11-21-40(44)52(48)41-26-27-42(54(35-16-6-2-7-17-35)36-18-8-3-9-19-36)47-50(41)55(43)49-39-20-10-13-23-46(39)57-51(47)49/h1-8,10-16,18,20-32,35H,9,17,19H2/t32-,35?/m1/s1. The second-order valence-electron chi connectivity index (χ2n) is 15.9. The van der Waals surface area contributed by atoms with Crippen molar-refractivity contribution in [3.63, 3.8) is 0 Å². The van der Waals surface area contributed by atoms with E-state index in [-0.39, 0.29) is 12.8 Å². The Kier molecular flexibility index (Phi) is 6.67. The SMILES string of the molecule is C1=CCCC(N(c2ccc3c4c2c2sc5ccccc5c2n4-c2cc(N(C4=CC5=C[C@H]5C=C4)c4ccccc4)cc4c2B3c2ccccc2O4)C2C=CC=CC2)=C1. The van der Waals surface area contributed by atoms with Crippen LogP contribution in [0.2, 0.25) is 0 Å². The van der Waals surface area contributed by atoms with Crippen LogP contribution in [-0.2, 0) is 0 Å². The van der Waals surface area contributed by atoms with Gasteiger partial charge in [-0.3, -0.25) is 0 Å². The second kappa shape index (κ2) is 12.0. The summed E-state index contributed by atoms with van der Waals surface area (Å²) in [5.41, 5.74) is 15.0. The number of hydrogen-bond acceptors (Lipinski definition) is 4. The maximum Gasteiger partial charge on any atom is 0.256 e. The van der Waals surface area contributed by atoms with Crippen molar-refractivity contribution in [1.29, 1.82) is 0 Å². The summed E-state index contributed by atoms with van der Waals surface area (Å²) in [6.45, 7) is 0.0208. The Morgan fingerprint density at radius 3 is 2.54 bits per heavy atom. The minimum absolute atomic E-state index is 0.0208. The Bertz CT molecular complexity index is 3120. The zero-order valence-corrected chi connectivity index (χ0v) is 32.0. The molecule has 7 aromatic rings. The summed E-state index contributed by atoms with van der Waals surface area (Å²) in [7, 11) is 0. The molecule has 6 aliphatic rings. The molecule has 57 heavy (non-hydrogen) atoms. The van der Waals surface area contributed by atoms with Crippen molar-refractivity contribution in [2.75, 3.05) is 9.80 Å². The molecule has 270 valence electrons. The van der Waals surface area contributed by atoms with Crippen LogP contribution in [0.1, 0.15) is 19.3 Å². The maximum absolute atomic E-state index is 7.03. The molecule has 0 radical (unpaired) electrons. The van der Waals surface area contributed by atoms with Crippen LogP contribution < -0.4 is 30.9 Å². The molecule has 6 heteroatoms. The molecule has 4 heterocycles. The van der Waals surface area contributed by atoms with Gasteiger partial charge in [0, 0.05) is 50.2 Å². The Labute approximate surface area is 335 Å². The van der Waals surface area contributed by atoms with E-state index in [1.807, 2.05) is 11.3 Å². The fourth-order valence-corrected chi connectivity index (χ4v) is 11.4. The number of nitrogens with zero attached hydrogens (tertiary/aromatic N) is 3. The van der Waals surface area contributed by atoms with E-state index in [9.17, 15) is 0 Å². The van der Waals surface area contributed by atoms with Crippen LogP contribution in [0.5, 0.6) is 11.5 Å². The van der Waals surface area contributed by atoms with Gasteiger partial charge in [0.25, 0.3) is 6.71 Å². The van der Waals surface area contributed by atoms with Crippen molar-refractivity contribution in [3.05, 3.63) is 187 Å². The zero-order chi connectivity index (χ0) is 37.2. The van der Waals surface area contributed by atoms with E-state index in [1.54, 1.807) is 0 Å². The lowest BCUT2D eigenvalue weighted by molar-refractivity contribution is 0.487. The molecule has 0 saturated heterocycles. The van der Waals surface area contributed by atoms with Crippen LogP contribution in [-0.4, -0.2) is 17.3 Å². The summed E-state index contributed by atoms with van der Waals surface area (Å²) >= 11 is 1.93. The molecule has 0 fully saturated rings. The highest BCUT2D eigenvalue weighted by atomic mass is 32.1. The average Bonchev–Trinajstić information content (AvgIpc) is 3.84. The Balaban J connectivity index is 1.16. The highest BCUT2D eigenvalue weighted by Crippen LogP contribution is 2.50. The lowest BCUT2D eigenvalue weighted by atomic mass is 9.34. The highest BCUT2D eigenvalue weighted by molar-refractivity contribution is 7.27. The third-order valence-corrected chi connectivity index (χ3v) is 13.8. The molecular weight excluding hydrogens is 713 g/mol. The van der Waals surface area contributed by atoms with Crippen molar-refractivity contribution < 1.29 is 4.74 Å².